The Morgan fingerprint density at radius 3 is 3.00 bits per heavy atom. The molecule has 0 radical (unpaired) electrons. The predicted octanol–water partition coefficient (Wildman–Crippen LogP) is 2.31. The molecule has 6 heteroatoms. The average molecular weight is 312 g/mol. The highest BCUT2D eigenvalue weighted by Crippen LogP contribution is 2.33. The molecule has 3 rings (SSSR count). The van der Waals surface area contributed by atoms with Crippen LogP contribution in [0, 0.1) is 5.92 Å². The van der Waals surface area contributed by atoms with Gasteiger partial charge in [0.15, 0.2) is 6.23 Å². The summed E-state index contributed by atoms with van der Waals surface area (Å²) < 4.78 is 7.05. The third-order valence-electron chi connectivity index (χ3n) is 4.58. The number of halogens is 1. The molecule has 1 N–H and O–H groups in total. The van der Waals surface area contributed by atoms with Crippen LogP contribution in [0.25, 0.3) is 0 Å². The van der Waals surface area contributed by atoms with Crippen LogP contribution in [0.1, 0.15) is 50.3 Å². The zero-order chi connectivity index (χ0) is 14.8. The van der Waals surface area contributed by atoms with Crippen LogP contribution in [-0.4, -0.2) is 29.5 Å². The maximum Gasteiger partial charge on any atom is 0.288 e. The molecular weight excluding hydrogens is 290 g/mol. The Morgan fingerprint density at radius 2 is 2.29 bits per heavy atom. The van der Waals surface area contributed by atoms with Crippen LogP contribution in [0.2, 0.25) is 5.02 Å². The summed E-state index contributed by atoms with van der Waals surface area (Å²) in [5, 5.41) is 8.03. The molecule has 3 atom stereocenters. The van der Waals surface area contributed by atoms with E-state index >= 15 is 0 Å². The van der Waals surface area contributed by atoms with Crippen molar-refractivity contribution in [2.75, 3.05) is 19.7 Å². The molecular formula is C15H22ClN3O2. The second kappa shape index (κ2) is 6.46. The summed E-state index contributed by atoms with van der Waals surface area (Å²) in [6.45, 7) is 4.78. The zero-order valence-corrected chi connectivity index (χ0v) is 13.1. The van der Waals surface area contributed by atoms with Gasteiger partial charge in [0, 0.05) is 6.61 Å². The molecule has 0 bridgehead atoms. The molecule has 2 unspecified atom stereocenters. The van der Waals surface area contributed by atoms with Gasteiger partial charge in [-0.25, -0.2) is 0 Å². The van der Waals surface area contributed by atoms with E-state index in [0.29, 0.717) is 23.5 Å². The molecule has 0 spiro atoms. The minimum atomic E-state index is -0.261. The fraction of sp³-hybridized carbons (Fsp3) is 0.733. The second-order valence-electron chi connectivity index (χ2n) is 6.06. The van der Waals surface area contributed by atoms with Crippen LogP contribution in [-0.2, 0) is 4.74 Å². The number of piperidine rings is 1. The van der Waals surface area contributed by atoms with Crippen molar-refractivity contribution in [3.05, 3.63) is 27.1 Å². The summed E-state index contributed by atoms with van der Waals surface area (Å²) in [6, 6.07) is 0. The SMILES string of the molecule is C[C@@H]1CNCCC1c1cnn(C2CCCCO2)c(=O)c1Cl. The number of nitrogens with one attached hydrogen (secondary N) is 1. The summed E-state index contributed by atoms with van der Waals surface area (Å²) in [7, 11) is 0. The fourth-order valence-corrected chi connectivity index (χ4v) is 3.59. The van der Waals surface area contributed by atoms with Crippen LogP contribution in [0.3, 0.4) is 0 Å². The van der Waals surface area contributed by atoms with Crippen molar-refractivity contribution in [1.29, 1.82) is 0 Å². The Hall–Kier alpha value is -0.910. The molecule has 5 nitrogen and oxygen atoms in total. The maximum atomic E-state index is 12.5. The molecule has 1 aromatic heterocycles. The average Bonchev–Trinajstić information content (AvgIpc) is 2.52. The van der Waals surface area contributed by atoms with E-state index in [1.165, 1.54) is 4.68 Å². The van der Waals surface area contributed by atoms with Gasteiger partial charge in [-0.05, 0) is 56.2 Å². The first-order chi connectivity index (χ1) is 10.2. The zero-order valence-electron chi connectivity index (χ0n) is 12.3. The number of aromatic nitrogens is 2. The first kappa shape index (κ1) is 15.0. The van der Waals surface area contributed by atoms with E-state index in [2.05, 4.69) is 17.3 Å². The van der Waals surface area contributed by atoms with E-state index in [4.69, 9.17) is 16.3 Å². The molecule has 2 aliphatic heterocycles. The van der Waals surface area contributed by atoms with Gasteiger partial charge in [0.1, 0.15) is 5.02 Å². The van der Waals surface area contributed by atoms with Gasteiger partial charge in [0.05, 0.1) is 6.20 Å². The van der Waals surface area contributed by atoms with Gasteiger partial charge in [-0.2, -0.15) is 9.78 Å². The van der Waals surface area contributed by atoms with Gasteiger partial charge in [-0.3, -0.25) is 4.79 Å². The third kappa shape index (κ3) is 3.00. The summed E-state index contributed by atoms with van der Waals surface area (Å²) in [4.78, 5) is 12.5. The van der Waals surface area contributed by atoms with Crippen LogP contribution < -0.4 is 10.9 Å². The third-order valence-corrected chi connectivity index (χ3v) is 4.96. The molecule has 2 fully saturated rings. The monoisotopic (exact) mass is 311 g/mol. The highest BCUT2D eigenvalue weighted by atomic mass is 35.5. The lowest BCUT2D eigenvalue weighted by atomic mass is 9.83. The van der Waals surface area contributed by atoms with Crippen LogP contribution >= 0.6 is 11.6 Å². The van der Waals surface area contributed by atoms with E-state index in [1.54, 1.807) is 6.20 Å². The Balaban J connectivity index is 1.90. The van der Waals surface area contributed by atoms with Gasteiger partial charge >= 0.3 is 0 Å². The Morgan fingerprint density at radius 1 is 1.43 bits per heavy atom. The molecule has 0 aliphatic carbocycles. The second-order valence-corrected chi connectivity index (χ2v) is 6.44. The molecule has 21 heavy (non-hydrogen) atoms. The quantitative estimate of drug-likeness (QED) is 0.910. The highest BCUT2D eigenvalue weighted by molar-refractivity contribution is 6.31. The van der Waals surface area contributed by atoms with Crippen molar-refractivity contribution < 1.29 is 4.74 Å². The number of ether oxygens (including phenoxy) is 1. The summed E-state index contributed by atoms with van der Waals surface area (Å²) in [5.41, 5.74) is 0.675. The number of rotatable bonds is 2. The molecule has 3 heterocycles. The molecule has 0 amide bonds. The first-order valence-electron chi connectivity index (χ1n) is 7.78. The minimum Gasteiger partial charge on any atom is -0.356 e. The van der Waals surface area contributed by atoms with Crippen molar-refractivity contribution in [2.24, 2.45) is 5.92 Å². The smallest absolute Gasteiger partial charge is 0.288 e. The first-order valence-corrected chi connectivity index (χ1v) is 8.16. The lowest BCUT2D eigenvalue weighted by molar-refractivity contribution is -0.0425. The summed E-state index contributed by atoms with van der Waals surface area (Å²) in [5.74, 6) is 0.764. The van der Waals surface area contributed by atoms with E-state index < -0.39 is 0 Å². The molecule has 2 aliphatic rings. The highest BCUT2D eigenvalue weighted by Gasteiger charge is 2.28. The molecule has 1 aromatic rings. The van der Waals surface area contributed by atoms with E-state index in [-0.39, 0.29) is 11.8 Å². The fourth-order valence-electron chi connectivity index (χ4n) is 3.31. The van der Waals surface area contributed by atoms with Gasteiger partial charge in [-0.15, -0.1) is 0 Å². The Bertz CT molecular complexity index is 554. The van der Waals surface area contributed by atoms with Crippen LogP contribution in [0.5, 0.6) is 0 Å². The minimum absolute atomic E-state index is 0.216. The van der Waals surface area contributed by atoms with Gasteiger partial charge in [-0.1, -0.05) is 18.5 Å². The van der Waals surface area contributed by atoms with E-state index in [9.17, 15) is 4.79 Å². The molecule has 0 aromatic carbocycles. The number of hydrogen-bond acceptors (Lipinski definition) is 4. The van der Waals surface area contributed by atoms with Gasteiger partial charge in [0.2, 0.25) is 0 Å². The van der Waals surface area contributed by atoms with Crippen LogP contribution in [0.15, 0.2) is 11.0 Å². The van der Waals surface area contributed by atoms with E-state index in [1.807, 2.05) is 0 Å². The Kier molecular flexibility index (Phi) is 4.62. The molecule has 2 saturated heterocycles. The van der Waals surface area contributed by atoms with Gasteiger partial charge < -0.3 is 10.1 Å². The normalized spacial score (nSPS) is 30.3. The molecule has 116 valence electrons. The summed E-state index contributed by atoms with van der Waals surface area (Å²) >= 11 is 6.37. The van der Waals surface area contributed by atoms with Gasteiger partial charge in [0.25, 0.3) is 5.56 Å². The Labute approximate surface area is 129 Å². The van der Waals surface area contributed by atoms with Crippen LogP contribution in [0.4, 0.5) is 0 Å². The number of nitrogens with zero attached hydrogens (tertiary/aromatic N) is 2. The lowest BCUT2D eigenvalue weighted by Gasteiger charge is -2.30. The standard InChI is InChI=1S/C15H22ClN3O2/c1-10-8-17-6-5-11(10)12-9-18-19(15(20)14(12)16)13-4-2-3-7-21-13/h9-11,13,17H,2-8H2,1H3/t10-,11?,13?/m1/s1. The van der Waals surface area contributed by atoms with Crippen molar-refractivity contribution in [3.8, 4) is 0 Å². The van der Waals surface area contributed by atoms with E-state index in [0.717, 1.165) is 44.3 Å². The number of hydrogen-bond donors (Lipinski definition) is 1. The van der Waals surface area contributed by atoms with Crippen molar-refractivity contribution >= 4 is 11.6 Å². The van der Waals surface area contributed by atoms with Crippen molar-refractivity contribution in [1.82, 2.24) is 15.1 Å². The van der Waals surface area contributed by atoms with Crippen molar-refractivity contribution in [2.45, 2.75) is 44.8 Å². The summed E-state index contributed by atoms with van der Waals surface area (Å²) in [6.07, 6.45) is 5.43. The molecule has 0 saturated carbocycles. The lowest BCUT2D eigenvalue weighted by Crippen LogP contribution is -2.36. The topological polar surface area (TPSA) is 56.1 Å². The maximum absolute atomic E-state index is 12.5. The van der Waals surface area contributed by atoms with Crippen molar-refractivity contribution in [3.63, 3.8) is 0 Å². The largest absolute Gasteiger partial charge is 0.356 e. The predicted molar refractivity (Wildman–Crippen MR) is 81.7 cm³/mol.